The topological polar surface area (TPSA) is 51.8 Å². The number of rotatable bonds is 4. The summed E-state index contributed by atoms with van der Waals surface area (Å²) in [6.45, 7) is 8.37. The lowest BCUT2D eigenvalue weighted by molar-refractivity contribution is 0.723. The van der Waals surface area contributed by atoms with Gasteiger partial charge in [-0.2, -0.15) is 0 Å². The number of nitrogen functional groups attached to an aromatic ring is 1. The van der Waals surface area contributed by atoms with Crippen LogP contribution in [0.2, 0.25) is 0 Å². The van der Waals surface area contributed by atoms with Crippen LogP contribution in [0.3, 0.4) is 0 Å². The van der Waals surface area contributed by atoms with E-state index < -0.39 is 0 Å². The molecule has 1 aromatic heterocycles. The maximum atomic E-state index is 5.88. The van der Waals surface area contributed by atoms with Crippen LogP contribution in [0.25, 0.3) is 0 Å². The molecule has 0 aliphatic heterocycles. The summed E-state index contributed by atoms with van der Waals surface area (Å²) in [5.74, 6) is 1.84. The van der Waals surface area contributed by atoms with Crippen molar-refractivity contribution in [3.8, 4) is 0 Å². The monoisotopic (exact) mass is 207 g/mol. The van der Waals surface area contributed by atoms with Crippen LogP contribution >= 0.6 is 0 Å². The van der Waals surface area contributed by atoms with Crippen molar-refractivity contribution in [2.24, 2.45) is 0 Å². The van der Waals surface area contributed by atoms with Crippen molar-refractivity contribution < 1.29 is 0 Å². The third kappa shape index (κ3) is 2.91. The maximum Gasteiger partial charge on any atom is 0.133 e. The molecule has 0 bridgehead atoms. The van der Waals surface area contributed by atoms with Gasteiger partial charge in [0.15, 0.2) is 0 Å². The fourth-order valence-electron chi connectivity index (χ4n) is 1.45. The van der Waals surface area contributed by atoms with E-state index in [0.29, 0.717) is 11.7 Å². The van der Waals surface area contributed by atoms with E-state index in [1.165, 1.54) is 6.42 Å². The normalized spacial score (nSPS) is 11.0. The highest BCUT2D eigenvalue weighted by molar-refractivity contribution is 5.41. The lowest BCUT2D eigenvalue weighted by atomic mass is 10.1. The first-order valence-electron chi connectivity index (χ1n) is 5.69. The van der Waals surface area contributed by atoms with Gasteiger partial charge in [-0.25, -0.2) is 9.97 Å². The Labute approximate surface area is 92.1 Å². The van der Waals surface area contributed by atoms with E-state index in [0.717, 1.165) is 29.9 Å². The number of aromatic nitrogens is 2. The van der Waals surface area contributed by atoms with E-state index in [-0.39, 0.29) is 0 Å². The predicted octanol–water partition coefficient (Wildman–Crippen LogP) is 2.83. The summed E-state index contributed by atoms with van der Waals surface area (Å²) in [6.07, 6.45) is 3.35. The van der Waals surface area contributed by atoms with Crippen molar-refractivity contribution in [2.75, 3.05) is 5.73 Å². The molecule has 0 aliphatic carbocycles. The summed E-state index contributed by atoms with van der Waals surface area (Å²) < 4.78 is 0. The molecule has 1 rings (SSSR count). The Hall–Kier alpha value is -1.12. The third-order valence-electron chi connectivity index (χ3n) is 2.59. The van der Waals surface area contributed by atoms with Crippen LogP contribution in [0.1, 0.15) is 56.6 Å². The van der Waals surface area contributed by atoms with E-state index in [9.17, 15) is 0 Å². The Kier molecular flexibility index (Phi) is 4.06. The summed E-state index contributed by atoms with van der Waals surface area (Å²) in [6, 6.07) is 0. The minimum atomic E-state index is 0.341. The molecule has 3 nitrogen and oxygen atoms in total. The van der Waals surface area contributed by atoms with Crippen LogP contribution < -0.4 is 5.73 Å². The molecule has 1 aromatic rings. The molecule has 0 aromatic carbocycles. The molecular weight excluding hydrogens is 186 g/mol. The Morgan fingerprint density at radius 1 is 1.27 bits per heavy atom. The Morgan fingerprint density at radius 3 is 2.47 bits per heavy atom. The summed E-state index contributed by atoms with van der Waals surface area (Å²) in [7, 11) is 0. The number of aryl methyl sites for hydroxylation is 1. The molecule has 84 valence electrons. The Balaban J connectivity index is 3.02. The molecule has 0 saturated carbocycles. The largest absolute Gasteiger partial charge is 0.383 e. The summed E-state index contributed by atoms with van der Waals surface area (Å²) in [5, 5.41) is 0. The molecule has 0 saturated heterocycles. The molecule has 3 heteroatoms. The maximum absolute atomic E-state index is 5.88. The van der Waals surface area contributed by atoms with Gasteiger partial charge in [0.2, 0.25) is 0 Å². The van der Waals surface area contributed by atoms with Gasteiger partial charge in [0, 0.05) is 17.2 Å². The van der Waals surface area contributed by atoms with Crippen LogP contribution in [-0.2, 0) is 6.42 Å². The van der Waals surface area contributed by atoms with Crippen molar-refractivity contribution in [1.29, 1.82) is 0 Å². The van der Waals surface area contributed by atoms with Gasteiger partial charge in [-0.1, -0.05) is 27.2 Å². The highest BCUT2D eigenvalue weighted by Gasteiger charge is 2.10. The van der Waals surface area contributed by atoms with Gasteiger partial charge in [-0.05, 0) is 19.8 Å². The highest BCUT2D eigenvalue weighted by atomic mass is 15.0. The number of anilines is 1. The summed E-state index contributed by atoms with van der Waals surface area (Å²) in [4.78, 5) is 8.89. The van der Waals surface area contributed by atoms with E-state index in [1.807, 2.05) is 6.92 Å². The van der Waals surface area contributed by atoms with Gasteiger partial charge in [-0.3, -0.25) is 0 Å². The molecule has 15 heavy (non-hydrogen) atoms. The standard InChI is InChI=1S/C12H21N3/c1-5-6-7-10-9(4)11(13)15-12(14-10)8(2)3/h8H,5-7H2,1-4H3,(H2,13,14,15). The van der Waals surface area contributed by atoms with Crippen LogP contribution in [0, 0.1) is 6.92 Å². The lowest BCUT2D eigenvalue weighted by Gasteiger charge is -2.11. The zero-order valence-corrected chi connectivity index (χ0v) is 10.2. The van der Waals surface area contributed by atoms with Crippen LogP contribution in [0.4, 0.5) is 5.82 Å². The van der Waals surface area contributed by atoms with Crippen molar-refractivity contribution in [3.63, 3.8) is 0 Å². The first kappa shape index (κ1) is 12.0. The number of unbranched alkanes of at least 4 members (excludes halogenated alkanes) is 1. The number of nitrogens with two attached hydrogens (primary N) is 1. The molecule has 2 N–H and O–H groups in total. The quantitative estimate of drug-likeness (QED) is 0.826. The number of hydrogen-bond donors (Lipinski definition) is 1. The van der Waals surface area contributed by atoms with Gasteiger partial charge in [0.05, 0.1) is 0 Å². The Bertz CT molecular complexity index is 332. The van der Waals surface area contributed by atoms with Gasteiger partial charge in [0.1, 0.15) is 11.6 Å². The van der Waals surface area contributed by atoms with Crippen molar-refractivity contribution in [3.05, 3.63) is 17.1 Å². The van der Waals surface area contributed by atoms with E-state index >= 15 is 0 Å². The molecule has 0 spiro atoms. The summed E-state index contributed by atoms with van der Waals surface area (Å²) >= 11 is 0. The SMILES string of the molecule is CCCCc1nc(C(C)C)nc(N)c1C. The Morgan fingerprint density at radius 2 is 1.93 bits per heavy atom. The molecule has 0 amide bonds. The number of hydrogen-bond acceptors (Lipinski definition) is 3. The first-order chi connectivity index (χ1) is 7.06. The second-order valence-corrected chi connectivity index (χ2v) is 4.30. The highest BCUT2D eigenvalue weighted by Crippen LogP contribution is 2.18. The average molecular weight is 207 g/mol. The molecule has 0 fully saturated rings. The molecule has 0 unspecified atom stereocenters. The first-order valence-corrected chi connectivity index (χ1v) is 5.69. The minimum absolute atomic E-state index is 0.341. The minimum Gasteiger partial charge on any atom is -0.383 e. The fourth-order valence-corrected chi connectivity index (χ4v) is 1.45. The smallest absolute Gasteiger partial charge is 0.133 e. The van der Waals surface area contributed by atoms with E-state index in [1.54, 1.807) is 0 Å². The lowest BCUT2D eigenvalue weighted by Crippen LogP contribution is -2.08. The fraction of sp³-hybridized carbons (Fsp3) is 0.667. The van der Waals surface area contributed by atoms with Gasteiger partial charge < -0.3 is 5.73 Å². The van der Waals surface area contributed by atoms with E-state index in [4.69, 9.17) is 5.73 Å². The zero-order valence-electron chi connectivity index (χ0n) is 10.2. The predicted molar refractivity (Wildman–Crippen MR) is 63.9 cm³/mol. The average Bonchev–Trinajstić information content (AvgIpc) is 2.19. The molecular formula is C12H21N3. The van der Waals surface area contributed by atoms with Crippen molar-refractivity contribution in [2.45, 2.75) is 52.9 Å². The zero-order chi connectivity index (χ0) is 11.4. The van der Waals surface area contributed by atoms with Crippen LogP contribution in [-0.4, -0.2) is 9.97 Å². The van der Waals surface area contributed by atoms with E-state index in [2.05, 4.69) is 30.7 Å². The third-order valence-corrected chi connectivity index (χ3v) is 2.59. The van der Waals surface area contributed by atoms with Crippen LogP contribution in [0.15, 0.2) is 0 Å². The summed E-state index contributed by atoms with van der Waals surface area (Å²) in [5.41, 5.74) is 8.05. The second kappa shape index (κ2) is 5.10. The van der Waals surface area contributed by atoms with Gasteiger partial charge in [0.25, 0.3) is 0 Å². The van der Waals surface area contributed by atoms with Crippen LogP contribution in [0.5, 0.6) is 0 Å². The molecule has 0 radical (unpaired) electrons. The van der Waals surface area contributed by atoms with Crippen molar-refractivity contribution >= 4 is 5.82 Å². The van der Waals surface area contributed by atoms with Gasteiger partial charge >= 0.3 is 0 Å². The van der Waals surface area contributed by atoms with Gasteiger partial charge in [-0.15, -0.1) is 0 Å². The van der Waals surface area contributed by atoms with Crippen molar-refractivity contribution in [1.82, 2.24) is 9.97 Å². The molecule has 1 heterocycles. The molecule has 0 aliphatic rings. The number of nitrogens with zero attached hydrogens (tertiary/aromatic N) is 2. The molecule has 0 atom stereocenters. The second-order valence-electron chi connectivity index (χ2n) is 4.30.